The topological polar surface area (TPSA) is 99.5 Å². The van der Waals surface area contributed by atoms with Crippen LogP contribution in [0.3, 0.4) is 0 Å². The SMILES string of the molecule is O=C1Nc2ccc([N+](=O)[O-])cc2C1=C(Nc1ccc2c(c1)CCNC2)c1ccc(CCCN2CCCCC2)cc1. The molecular weight excluding hydrogens is 502 g/mol. The molecule has 3 aliphatic heterocycles. The van der Waals surface area contributed by atoms with Gasteiger partial charge in [-0.1, -0.05) is 36.8 Å². The molecule has 0 aromatic heterocycles. The number of hydrogen-bond donors (Lipinski definition) is 3. The number of anilines is 2. The Morgan fingerprint density at radius 3 is 2.60 bits per heavy atom. The summed E-state index contributed by atoms with van der Waals surface area (Å²) in [5.41, 5.74) is 7.70. The first-order chi connectivity index (χ1) is 19.5. The first kappa shape index (κ1) is 26.2. The van der Waals surface area contributed by atoms with Crippen molar-refractivity contribution in [3.63, 3.8) is 0 Å². The molecular formula is C32H35N5O3. The molecule has 1 saturated heterocycles. The van der Waals surface area contributed by atoms with Gasteiger partial charge in [-0.2, -0.15) is 0 Å². The maximum atomic E-state index is 13.3. The number of nitrogens with zero attached hydrogens (tertiary/aromatic N) is 2. The predicted octanol–water partition coefficient (Wildman–Crippen LogP) is 5.59. The normalized spacial score (nSPS) is 18.1. The Bertz CT molecular complexity index is 1460. The Morgan fingerprint density at radius 1 is 0.975 bits per heavy atom. The zero-order valence-electron chi connectivity index (χ0n) is 22.7. The highest BCUT2D eigenvalue weighted by molar-refractivity contribution is 6.37. The molecule has 1 fully saturated rings. The van der Waals surface area contributed by atoms with Crippen LogP contribution in [-0.2, 0) is 24.2 Å². The van der Waals surface area contributed by atoms with Crippen molar-refractivity contribution in [1.29, 1.82) is 0 Å². The second kappa shape index (κ2) is 11.6. The highest BCUT2D eigenvalue weighted by Crippen LogP contribution is 2.39. The molecule has 0 saturated carbocycles. The molecule has 0 unspecified atom stereocenters. The molecule has 8 heteroatoms. The number of non-ortho nitro benzene ring substituents is 1. The lowest BCUT2D eigenvalue weighted by molar-refractivity contribution is -0.384. The van der Waals surface area contributed by atoms with Gasteiger partial charge in [-0.25, -0.2) is 0 Å². The van der Waals surface area contributed by atoms with E-state index in [0.717, 1.165) is 50.1 Å². The molecule has 0 bridgehead atoms. The number of benzene rings is 3. The van der Waals surface area contributed by atoms with Crippen molar-refractivity contribution >= 4 is 34.2 Å². The zero-order valence-corrected chi connectivity index (χ0v) is 22.7. The molecule has 40 heavy (non-hydrogen) atoms. The molecule has 3 aromatic carbocycles. The number of amides is 1. The molecule has 0 atom stereocenters. The molecule has 3 N–H and O–H groups in total. The van der Waals surface area contributed by atoms with Gasteiger partial charge in [0.1, 0.15) is 0 Å². The molecule has 8 nitrogen and oxygen atoms in total. The highest BCUT2D eigenvalue weighted by atomic mass is 16.6. The summed E-state index contributed by atoms with van der Waals surface area (Å²) >= 11 is 0. The summed E-state index contributed by atoms with van der Waals surface area (Å²) in [7, 11) is 0. The van der Waals surface area contributed by atoms with Gasteiger partial charge in [-0.15, -0.1) is 0 Å². The highest BCUT2D eigenvalue weighted by Gasteiger charge is 2.30. The number of nitro groups is 1. The lowest BCUT2D eigenvalue weighted by Gasteiger charge is -2.26. The third-order valence-corrected chi connectivity index (χ3v) is 8.20. The van der Waals surface area contributed by atoms with Gasteiger partial charge in [-0.3, -0.25) is 14.9 Å². The smallest absolute Gasteiger partial charge is 0.270 e. The Hall–Kier alpha value is -4.01. The maximum Gasteiger partial charge on any atom is 0.270 e. The maximum absolute atomic E-state index is 13.3. The Kier molecular flexibility index (Phi) is 7.62. The standard InChI is InChI=1S/C32H35N5O3/c38-32-30(28-20-27(37(39)40)12-13-29(28)35-32)31(34-26-11-10-25-21-33-15-14-24(25)19-26)23-8-6-22(7-9-23)5-4-18-36-16-2-1-3-17-36/h6-13,19-20,33-34H,1-5,14-18,21H2,(H,35,38). The van der Waals surface area contributed by atoms with Crippen molar-refractivity contribution in [1.82, 2.24) is 10.2 Å². The van der Waals surface area contributed by atoms with E-state index in [2.05, 4.69) is 57.2 Å². The van der Waals surface area contributed by atoms with Crippen molar-refractivity contribution < 1.29 is 9.72 Å². The first-order valence-electron chi connectivity index (χ1n) is 14.3. The van der Waals surface area contributed by atoms with Crippen LogP contribution < -0.4 is 16.0 Å². The Balaban J connectivity index is 1.32. The first-order valence-corrected chi connectivity index (χ1v) is 14.3. The van der Waals surface area contributed by atoms with E-state index >= 15 is 0 Å². The number of aryl methyl sites for hydroxylation is 1. The van der Waals surface area contributed by atoms with E-state index in [4.69, 9.17) is 0 Å². The van der Waals surface area contributed by atoms with Gasteiger partial charge >= 0.3 is 0 Å². The average Bonchev–Trinajstić information content (AvgIpc) is 3.31. The van der Waals surface area contributed by atoms with E-state index in [9.17, 15) is 14.9 Å². The van der Waals surface area contributed by atoms with E-state index in [0.29, 0.717) is 22.5 Å². The molecule has 206 valence electrons. The summed E-state index contributed by atoms with van der Waals surface area (Å²) in [6.45, 7) is 5.33. The molecule has 0 radical (unpaired) electrons. The van der Waals surface area contributed by atoms with Crippen LogP contribution in [0.25, 0.3) is 11.3 Å². The number of hydrogen-bond acceptors (Lipinski definition) is 6. The Labute approximate surface area is 234 Å². The number of piperidine rings is 1. The molecule has 1 amide bonds. The predicted molar refractivity (Wildman–Crippen MR) is 159 cm³/mol. The van der Waals surface area contributed by atoms with Crippen LogP contribution in [0.2, 0.25) is 0 Å². The second-order valence-corrected chi connectivity index (χ2v) is 10.9. The summed E-state index contributed by atoms with van der Waals surface area (Å²) in [5.74, 6) is -0.272. The van der Waals surface area contributed by atoms with Gasteiger partial charge in [0.25, 0.3) is 11.6 Å². The quantitative estimate of drug-likeness (QED) is 0.197. The number of fused-ring (bicyclic) bond motifs is 2. The monoisotopic (exact) mass is 537 g/mol. The van der Waals surface area contributed by atoms with Crippen molar-refractivity contribution in [2.24, 2.45) is 0 Å². The van der Waals surface area contributed by atoms with Crippen LogP contribution >= 0.6 is 0 Å². The minimum atomic E-state index is -0.427. The number of likely N-dealkylation sites (tertiary alicyclic amines) is 1. The van der Waals surface area contributed by atoms with E-state index in [1.165, 1.54) is 61.2 Å². The van der Waals surface area contributed by atoms with Crippen LogP contribution in [0.5, 0.6) is 0 Å². The summed E-state index contributed by atoms with van der Waals surface area (Å²) in [4.78, 5) is 27.0. The van der Waals surface area contributed by atoms with E-state index in [-0.39, 0.29) is 11.6 Å². The third kappa shape index (κ3) is 5.64. The van der Waals surface area contributed by atoms with Crippen LogP contribution in [0.4, 0.5) is 17.1 Å². The lowest BCUT2D eigenvalue weighted by Crippen LogP contribution is -2.30. The summed E-state index contributed by atoms with van der Waals surface area (Å²) < 4.78 is 0. The molecule has 3 aromatic rings. The molecule has 0 spiro atoms. The second-order valence-electron chi connectivity index (χ2n) is 10.9. The number of carbonyl (C=O) groups excluding carboxylic acids is 1. The van der Waals surface area contributed by atoms with E-state index in [1.807, 2.05) is 6.07 Å². The fraction of sp³-hybridized carbons (Fsp3) is 0.344. The van der Waals surface area contributed by atoms with Crippen LogP contribution in [0, 0.1) is 10.1 Å². The fourth-order valence-electron chi connectivity index (χ4n) is 6.02. The van der Waals surface area contributed by atoms with Crippen molar-refractivity contribution in [2.75, 3.05) is 36.8 Å². The number of nitrogens with one attached hydrogen (secondary N) is 3. The summed E-state index contributed by atoms with van der Waals surface area (Å²) in [5, 5.41) is 21.4. The molecule has 0 aliphatic carbocycles. The van der Waals surface area contributed by atoms with Gasteiger partial charge in [0.15, 0.2) is 0 Å². The van der Waals surface area contributed by atoms with Crippen molar-refractivity contribution in [3.8, 4) is 0 Å². The van der Waals surface area contributed by atoms with Gasteiger partial charge in [0, 0.05) is 35.6 Å². The summed E-state index contributed by atoms with van der Waals surface area (Å²) in [6.07, 6.45) is 7.03. The van der Waals surface area contributed by atoms with Crippen LogP contribution in [0.1, 0.15) is 53.5 Å². The summed E-state index contributed by atoms with van der Waals surface area (Å²) in [6, 6.07) is 19.2. The van der Waals surface area contributed by atoms with Gasteiger partial charge in [-0.05, 0) is 98.7 Å². The minimum Gasteiger partial charge on any atom is -0.354 e. The van der Waals surface area contributed by atoms with E-state index in [1.54, 1.807) is 6.07 Å². The van der Waals surface area contributed by atoms with Crippen LogP contribution in [-0.4, -0.2) is 41.9 Å². The third-order valence-electron chi connectivity index (χ3n) is 8.20. The largest absolute Gasteiger partial charge is 0.354 e. The van der Waals surface area contributed by atoms with Gasteiger partial charge in [0.2, 0.25) is 0 Å². The van der Waals surface area contributed by atoms with Crippen LogP contribution in [0.15, 0.2) is 60.7 Å². The number of nitro benzene ring substituents is 1. The number of carbonyl (C=O) groups is 1. The lowest BCUT2D eigenvalue weighted by atomic mass is 9.97. The molecule has 6 rings (SSSR count). The van der Waals surface area contributed by atoms with E-state index < -0.39 is 4.92 Å². The van der Waals surface area contributed by atoms with Gasteiger partial charge < -0.3 is 20.9 Å². The zero-order chi connectivity index (χ0) is 27.5. The molecule has 3 heterocycles. The minimum absolute atomic E-state index is 0.0440. The average molecular weight is 538 g/mol. The fourth-order valence-corrected chi connectivity index (χ4v) is 6.02. The van der Waals surface area contributed by atoms with Gasteiger partial charge in [0.05, 0.1) is 16.2 Å². The molecule has 3 aliphatic rings. The Morgan fingerprint density at radius 2 is 1.80 bits per heavy atom. The van der Waals surface area contributed by atoms with Crippen molar-refractivity contribution in [3.05, 3.63) is 98.6 Å². The van der Waals surface area contributed by atoms with Crippen molar-refractivity contribution in [2.45, 2.75) is 45.1 Å². The number of rotatable bonds is 8.